The van der Waals surface area contributed by atoms with Crippen LogP contribution in [0.5, 0.6) is 0 Å². The third-order valence-electron chi connectivity index (χ3n) is 2.71. The normalized spacial score (nSPS) is 11.1. The van der Waals surface area contributed by atoms with E-state index < -0.39 is 0 Å². The number of aromatic amines is 1. The summed E-state index contributed by atoms with van der Waals surface area (Å²) >= 11 is 6.80. The highest BCUT2D eigenvalue weighted by Crippen LogP contribution is 2.26. The lowest BCUT2D eigenvalue weighted by atomic mass is 10.0. The summed E-state index contributed by atoms with van der Waals surface area (Å²) < 4.78 is 0.851. The Kier molecular flexibility index (Phi) is 3.79. The fraction of sp³-hybridized carbons (Fsp3) is 0.357. The van der Waals surface area contributed by atoms with Crippen LogP contribution in [0.1, 0.15) is 24.3 Å². The SMILES string of the molecule is Cc1sc(=S)[nH]c1-c1ccc(CC(C)C)cc1. The summed E-state index contributed by atoms with van der Waals surface area (Å²) in [5.41, 5.74) is 3.79. The first-order chi connectivity index (χ1) is 8.06. The summed E-state index contributed by atoms with van der Waals surface area (Å²) in [6.07, 6.45) is 1.14. The fourth-order valence-corrected chi connectivity index (χ4v) is 3.14. The van der Waals surface area contributed by atoms with Gasteiger partial charge in [-0.15, -0.1) is 11.3 Å². The number of hydrogen-bond donors (Lipinski definition) is 1. The first-order valence-electron chi connectivity index (χ1n) is 5.85. The van der Waals surface area contributed by atoms with Crippen LogP contribution < -0.4 is 0 Å². The maximum atomic E-state index is 5.17. The van der Waals surface area contributed by atoms with Gasteiger partial charge in [0.25, 0.3) is 0 Å². The van der Waals surface area contributed by atoms with Gasteiger partial charge in [0.15, 0.2) is 3.95 Å². The van der Waals surface area contributed by atoms with Gasteiger partial charge in [-0.25, -0.2) is 0 Å². The molecule has 2 aromatic rings. The van der Waals surface area contributed by atoms with Gasteiger partial charge < -0.3 is 4.98 Å². The lowest BCUT2D eigenvalue weighted by molar-refractivity contribution is 0.647. The molecule has 0 unspecified atom stereocenters. The number of benzene rings is 1. The van der Waals surface area contributed by atoms with Gasteiger partial charge in [-0.1, -0.05) is 38.1 Å². The molecule has 17 heavy (non-hydrogen) atoms. The number of aryl methyl sites for hydroxylation is 1. The van der Waals surface area contributed by atoms with Gasteiger partial charge in [0.1, 0.15) is 0 Å². The van der Waals surface area contributed by atoms with E-state index in [1.165, 1.54) is 16.0 Å². The Labute approximate surface area is 112 Å². The Bertz CT molecular complexity index is 546. The zero-order valence-corrected chi connectivity index (χ0v) is 12.0. The molecular formula is C14H17NS2. The molecule has 0 saturated carbocycles. The smallest absolute Gasteiger partial charge is 0.159 e. The molecule has 1 aromatic heterocycles. The van der Waals surface area contributed by atoms with Crippen molar-refractivity contribution in [2.75, 3.05) is 0 Å². The second-order valence-corrected chi connectivity index (χ2v) is 6.63. The summed E-state index contributed by atoms with van der Waals surface area (Å²) in [6, 6.07) is 8.78. The summed E-state index contributed by atoms with van der Waals surface area (Å²) in [5, 5.41) is 0. The molecule has 0 aliphatic heterocycles. The second-order valence-electron chi connectivity index (χ2n) is 4.74. The summed E-state index contributed by atoms with van der Waals surface area (Å²) in [5.74, 6) is 0.703. The largest absolute Gasteiger partial charge is 0.337 e. The predicted octanol–water partition coefficient (Wildman–Crippen LogP) is 4.98. The molecule has 0 aliphatic rings. The van der Waals surface area contributed by atoms with E-state index in [0.717, 1.165) is 16.1 Å². The van der Waals surface area contributed by atoms with Crippen LogP contribution in [0.15, 0.2) is 24.3 Å². The van der Waals surface area contributed by atoms with Crippen molar-refractivity contribution in [2.24, 2.45) is 5.92 Å². The van der Waals surface area contributed by atoms with Crippen molar-refractivity contribution in [1.29, 1.82) is 0 Å². The second kappa shape index (κ2) is 5.15. The molecular weight excluding hydrogens is 246 g/mol. The van der Waals surface area contributed by atoms with Crippen LogP contribution in [-0.4, -0.2) is 4.98 Å². The van der Waals surface area contributed by atoms with Gasteiger partial charge >= 0.3 is 0 Å². The molecule has 0 bridgehead atoms. The first-order valence-corrected chi connectivity index (χ1v) is 7.07. The summed E-state index contributed by atoms with van der Waals surface area (Å²) in [6.45, 7) is 6.59. The zero-order valence-electron chi connectivity index (χ0n) is 10.4. The van der Waals surface area contributed by atoms with Crippen molar-refractivity contribution >= 4 is 23.6 Å². The molecule has 0 atom stereocenters. The molecule has 0 fully saturated rings. The lowest BCUT2D eigenvalue weighted by Crippen LogP contribution is -1.93. The topological polar surface area (TPSA) is 15.8 Å². The van der Waals surface area contributed by atoms with Crippen molar-refractivity contribution in [3.63, 3.8) is 0 Å². The van der Waals surface area contributed by atoms with Crippen LogP contribution in [0, 0.1) is 16.8 Å². The minimum absolute atomic E-state index is 0.703. The van der Waals surface area contributed by atoms with E-state index >= 15 is 0 Å². The Morgan fingerprint density at radius 3 is 2.35 bits per heavy atom. The molecule has 0 amide bonds. The molecule has 0 aliphatic carbocycles. The molecule has 1 N–H and O–H groups in total. The van der Waals surface area contributed by atoms with Crippen molar-refractivity contribution in [1.82, 2.24) is 4.98 Å². The quantitative estimate of drug-likeness (QED) is 0.772. The molecule has 1 nitrogen and oxygen atoms in total. The molecule has 3 heteroatoms. The summed E-state index contributed by atoms with van der Waals surface area (Å²) in [4.78, 5) is 4.51. The van der Waals surface area contributed by atoms with Crippen LogP contribution in [0.3, 0.4) is 0 Å². The average Bonchev–Trinajstić information content (AvgIpc) is 2.58. The van der Waals surface area contributed by atoms with E-state index in [1.54, 1.807) is 11.3 Å². The third kappa shape index (κ3) is 3.05. The van der Waals surface area contributed by atoms with Crippen molar-refractivity contribution in [2.45, 2.75) is 27.2 Å². The number of aromatic nitrogens is 1. The fourth-order valence-electron chi connectivity index (χ4n) is 1.96. The summed E-state index contributed by atoms with van der Waals surface area (Å²) in [7, 11) is 0. The van der Waals surface area contributed by atoms with Gasteiger partial charge in [0, 0.05) is 4.88 Å². The number of nitrogens with one attached hydrogen (secondary N) is 1. The van der Waals surface area contributed by atoms with Crippen LogP contribution in [0.25, 0.3) is 11.3 Å². The molecule has 1 heterocycles. The van der Waals surface area contributed by atoms with E-state index in [-0.39, 0.29) is 0 Å². The molecule has 1 aromatic carbocycles. The highest BCUT2D eigenvalue weighted by atomic mass is 32.1. The van der Waals surface area contributed by atoms with E-state index in [2.05, 4.69) is 50.0 Å². The van der Waals surface area contributed by atoms with Gasteiger partial charge in [-0.3, -0.25) is 0 Å². The Morgan fingerprint density at radius 2 is 1.88 bits per heavy atom. The van der Waals surface area contributed by atoms with Gasteiger partial charge in [0.2, 0.25) is 0 Å². The van der Waals surface area contributed by atoms with E-state index in [0.29, 0.717) is 5.92 Å². The predicted molar refractivity (Wildman–Crippen MR) is 78.2 cm³/mol. The average molecular weight is 263 g/mol. The van der Waals surface area contributed by atoms with Gasteiger partial charge in [0.05, 0.1) is 5.69 Å². The van der Waals surface area contributed by atoms with Gasteiger partial charge in [-0.2, -0.15) is 0 Å². The maximum Gasteiger partial charge on any atom is 0.159 e. The molecule has 2 rings (SSSR count). The highest BCUT2D eigenvalue weighted by Gasteiger charge is 2.05. The number of H-pyrrole nitrogens is 1. The number of hydrogen-bond acceptors (Lipinski definition) is 2. The molecule has 0 spiro atoms. The van der Waals surface area contributed by atoms with E-state index in [4.69, 9.17) is 12.2 Å². The third-order valence-corrected chi connectivity index (χ3v) is 3.86. The van der Waals surface area contributed by atoms with Crippen molar-refractivity contribution in [3.8, 4) is 11.3 Å². The van der Waals surface area contributed by atoms with E-state index in [1.807, 2.05) is 0 Å². The first kappa shape index (κ1) is 12.5. The maximum absolute atomic E-state index is 5.17. The Balaban J connectivity index is 2.29. The van der Waals surface area contributed by atoms with Crippen molar-refractivity contribution < 1.29 is 0 Å². The van der Waals surface area contributed by atoms with E-state index in [9.17, 15) is 0 Å². The van der Waals surface area contributed by atoms with Gasteiger partial charge in [-0.05, 0) is 42.6 Å². The van der Waals surface area contributed by atoms with Crippen LogP contribution in [0.4, 0.5) is 0 Å². The van der Waals surface area contributed by atoms with Crippen LogP contribution >= 0.6 is 23.6 Å². The minimum Gasteiger partial charge on any atom is -0.337 e. The Hall–Kier alpha value is -0.930. The van der Waals surface area contributed by atoms with Crippen LogP contribution in [-0.2, 0) is 6.42 Å². The molecule has 0 radical (unpaired) electrons. The highest BCUT2D eigenvalue weighted by molar-refractivity contribution is 7.73. The lowest BCUT2D eigenvalue weighted by Gasteiger charge is -2.06. The monoisotopic (exact) mass is 263 g/mol. The van der Waals surface area contributed by atoms with Crippen molar-refractivity contribution in [3.05, 3.63) is 38.7 Å². The Morgan fingerprint density at radius 1 is 1.24 bits per heavy atom. The molecule has 90 valence electrons. The standard InChI is InChI=1S/C14H17NS2/c1-9(2)8-11-4-6-12(7-5-11)13-10(3)17-14(16)15-13/h4-7,9H,8H2,1-3H3,(H,15,16). The molecule has 0 saturated heterocycles. The van der Waals surface area contributed by atoms with Crippen LogP contribution in [0.2, 0.25) is 0 Å². The zero-order chi connectivity index (χ0) is 12.4. The minimum atomic E-state index is 0.703. The number of thiazole rings is 1. The number of rotatable bonds is 3.